The van der Waals surface area contributed by atoms with Gasteiger partial charge in [0.15, 0.2) is 0 Å². The van der Waals surface area contributed by atoms with Crippen molar-refractivity contribution in [1.29, 1.82) is 0 Å². The molecule has 1 aliphatic rings. The minimum absolute atomic E-state index is 0.0117. The number of benzene rings is 7. The van der Waals surface area contributed by atoms with Crippen LogP contribution in [0.15, 0.2) is 142 Å². The number of ether oxygens (including phenoxy) is 2. The maximum absolute atomic E-state index is 14.3. The summed E-state index contributed by atoms with van der Waals surface area (Å²) in [6.07, 6.45) is 6.55. The molecular weight excluding hydrogens is 1320 g/mol. The van der Waals surface area contributed by atoms with Gasteiger partial charge in [0.05, 0.1) is 34.4 Å². The van der Waals surface area contributed by atoms with Crippen LogP contribution in [0.4, 0.5) is 0 Å². The number of hydrogen-bond acceptors (Lipinski definition) is 4. The van der Waals surface area contributed by atoms with Crippen molar-refractivity contribution in [3.05, 3.63) is 185 Å². The second kappa shape index (κ2) is 24.6. The molecule has 1 aliphatic carbocycles. The van der Waals surface area contributed by atoms with Crippen LogP contribution in [0.25, 0.3) is 66.0 Å². The summed E-state index contributed by atoms with van der Waals surface area (Å²) in [6, 6.07) is 40.4. The van der Waals surface area contributed by atoms with Gasteiger partial charge < -0.3 is 28.8 Å². The number of rotatable bonds is 14. The Kier molecular flexibility index (Phi) is 18.7. The highest BCUT2D eigenvalue weighted by Crippen LogP contribution is 2.54. The third-order valence-electron chi connectivity index (χ3n) is 18.9. The van der Waals surface area contributed by atoms with Gasteiger partial charge in [0, 0.05) is 70.2 Å². The van der Waals surface area contributed by atoms with E-state index < -0.39 is 11.8 Å². The molecule has 9 aromatic rings. The van der Waals surface area contributed by atoms with Gasteiger partial charge in [-0.1, -0.05) is 222 Å². The minimum Gasteiger partial charge on any atom is -0.505 e. The molecule has 10 heteroatoms. The van der Waals surface area contributed by atoms with Crippen molar-refractivity contribution in [2.75, 3.05) is 13.2 Å². The van der Waals surface area contributed by atoms with Crippen molar-refractivity contribution >= 4 is 104 Å². The Bertz CT molecular complexity index is 4290. The molecule has 6 nitrogen and oxygen atoms in total. The molecule has 2 N–H and O–H groups in total. The number of fused-ring (bicyclic) bond motifs is 6. The normalized spacial score (nSPS) is 16.7. The summed E-state index contributed by atoms with van der Waals surface area (Å²) in [5.41, 5.74) is 13.3. The fraction of sp³-hybridized carbons (Fsp3) is 0.446. The third-order valence-corrected chi connectivity index (χ3v) is 20.4. The number of aromatic hydroxyl groups is 1. The van der Waals surface area contributed by atoms with Gasteiger partial charge in [0.25, 0.3) is 0 Å². The molecule has 0 radical (unpaired) electrons. The molecule has 93 heavy (non-hydrogen) atoms. The molecule has 0 aliphatic heterocycles. The zero-order valence-electron chi connectivity index (χ0n) is 59.4. The van der Waals surface area contributed by atoms with E-state index >= 15 is 0 Å². The van der Waals surface area contributed by atoms with Crippen molar-refractivity contribution in [1.82, 2.24) is 9.13 Å². The van der Waals surface area contributed by atoms with Crippen molar-refractivity contribution in [3.8, 4) is 28.3 Å². The van der Waals surface area contributed by atoms with Gasteiger partial charge in [-0.05, 0) is 208 Å². The molecule has 0 spiro atoms. The topological polar surface area (TPSA) is 68.8 Å². The lowest BCUT2D eigenvalue weighted by atomic mass is 9.68. The lowest BCUT2D eigenvalue weighted by Crippen LogP contribution is -2.45. The van der Waals surface area contributed by atoms with E-state index in [1.165, 1.54) is 22.3 Å². The Labute approximate surface area is 582 Å². The largest absolute Gasteiger partial charge is 0.505 e. The van der Waals surface area contributed by atoms with Crippen LogP contribution in [0, 0.1) is 16.2 Å². The number of aromatic nitrogens is 2. The van der Waals surface area contributed by atoms with Crippen LogP contribution in [0.3, 0.4) is 0 Å². The quantitative estimate of drug-likeness (QED) is 0.0841. The van der Waals surface area contributed by atoms with E-state index in [1.807, 2.05) is 30.3 Å². The van der Waals surface area contributed by atoms with Crippen LogP contribution in [0.1, 0.15) is 211 Å². The predicted molar refractivity (Wildman–Crippen MR) is 405 cm³/mol. The summed E-state index contributed by atoms with van der Waals surface area (Å²) >= 11 is 21.8. The average molecular weight is 1420 g/mol. The number of allylic oxidation sites excluding steroid dienone is 2. The first-order valence-corrected chi connectivity index (χ1v) is 35.6. The molecule has 7 aromatic carbocycles. The highest BCUT2D eigenvalue weighted by atomic mass is 79.9. The van der Waals surface area contributed by atoms with Crippen molar-refractivity contribution in [2.45, 2.75) is 210 Å². The maximum Gasteiger partial charge on any atom is 0.218 e. The fourth-order valence-electron chi connectivity index (χ4n) is 14.7. The first-order chi connectivity index (χ1) is 42.8. The standard InChI is InChI=1S/C83H100Br2Cl2N2O4/c1-75(2,3)47-81(19,20)54-40-63(73(90)71(42-54)88-67-28-24-50(77(7,8)9)36-59(67)60-37-51(78(10,11)12)25-29-68(60)88)64-45-58(87)46-66(85)74(64)92-32-23-33-93-83(91)65(49-34-56(84)44-57(86)35-49)41-55(82(21,22)48-76(4,5)6)43-72(83)89-69-30-26-52(79(13,14)15)38-61(69)62-39-53(80(16,17)18)27-31-70(62)89/h24-31,34-46,72,90-91H,23,32-33,47-48H2,1-22H3. The van der Waals surface area contributed by atoms with Gasteiger partial charge in [-0.15, -0.1) is 0 Å². The Balaban J connectivity index is 1.11. The molecule has 2 aromatic heterocycles. The minimum atomic E-state index is -1.94. The smallest absolute Gasteiger partial charge is 0.218 e. The van der Waals surface area contributed by atoms with Gasteiger partial charge in [-0.3, -0.25) is 0 Å². The summed E-state index contributed by atoms with van der Waals surface area (Å²) in [6.45, 7) is 50.3. The fourth-order valence-corrected chi connectivity index (χ4v) is 16.5. The van der Waals surface area contributed by atoms with Gasteiger partial charge in [-0.2, -0.15) is 0 Å². The van der Waals surface area contributed by atoms with E-state index in [4.69, 9.17) is 32.7 Å². The lowest BCUT2D eigenvalue weighted by Gasteiger charge is -2.44. The monoisotopic (exact) mass is 1420 g/mol. The molecule has 0 fully saturated rings. The molecule has 0 amide bonds. The average Bonchev–Trinajstić information content (AvgIpc) is 1.64. The molecule has 2 atom stereocenters. The molecule has 10 rings (SSSR count). The van der Waals surface area contributed by atoms with E-state index in [-0.39, 0.29) is 62.3 Å². The number of hydrogen-bond donors (Lipinski definition) is 2. The third kappa shape index (κ3) is 14.4. The summed E-state index contributed by atoms with van der Waals surface area (Å²) in [4.78, 5) is 0. The first-order valence-electron chi connectivity index (χ1n) is 33.2. The number of aliphatic hydroxyl groups is 1. The lowest BCUT2D eigenvalue weighted by molar-refractivity contribution is -0.179. The Morgan fingerprint density at radius 3 is 1.41 bits per heavy atom. The Morgan fingerprint density at radius 1 is 0.495 bits per heavy atom. The second-order valence-electron chi connectivity index (χ2n) is 34.6. The summed E-state index contributed by atoms with van der Waals surface area (Å²) in [5.74, 6) is -1.31. The Morgan fingerprint density at radius 2 is 0.946 bits per heavy atom. The van der Waals surface area contributed by atoms with Crippen LogP contribution >= 0.6 is 55.1 Å². The summed E-state index contributed by atoms with van der Waals surface area (Å²) in [5, 5.41) is 33.1. The van der Waals surface area contributed by atoms with Gasteiger partial charge >= 0.3 is 0 Å². The van der Waals surface area contributed by atoms with E-state index in [2.05, 4.69) is 290 Å². The van der Waals surface area contributed by atoms with Crippen molar-refractivity contribution < 1.29 is 19.7 Å². The number of halogens is 4. The first kappa shape index (κ1) is 70.5. The number of nitrogens with zero attached hydrogens (tertiary/aromatic N) is 2. The van der Waals surface area contributed by atoms with Crippen LogP contribution in [-0.4, -0.2) is 38.3 Å². The Hall–Kier alpha value is -5.32. The van der Waals surface area contributed by atoms with Crippen molar-refractivity contribution in [3.63, 3.8) is 0 Å². The molecule has 0 bridgehead atoms. The second-order valence-corrected chi connectivity index (χ2v) is 37.2. The number of phenols is 1. The molecule has 2 heterocycles. The molecule has 2 unspecified atom stereocenters. The highest BCUT2D eigenvalue weighted by molar-refractivity contribution is 9.10. The highest BCUT2D eigenvalue weighted by Gasteiger charge is 2.48. The van der Waals surface area contributed by atoms with Crippen LogP contribution in [0.2, 0.25) is 10.0 Å². The van der Waals surface area contributed by atoms with Crippen LogP contribution in [0.5, 0.6) is 11.5 Å². The SMILES string of the molecule is CC(C)(C)CC(C)(C)C1=CC(n2c3ccc(C(C)(C)C)cc3c3cc(C(C)(C)C)ccc32)C(O)(OCCCOc2c(Br)cc(Cl)cc2-c2cc(C(C)(C)CC(C)(C)C)cc(-n3c4ccc(C(C)(C)C)cc4c4cc(C(C)(C)C)ccc43)c2O)C(c2cc(Cl)cc(Br)c2)=C1. The molecule has 0 saturated carbocycles. The zero-order chi connectivity index (χ0) is 68.5. The van der Waals surface area contributed by atoms with E-state index in [0.29, 0.717) is 49.1 Å². The maximum atomic E-state index is 14.3. The van der Waals surface area contributed by atoms with Gasteiger partial charge in [-0.25, -0.2) is 0 Å². The van der Waals surface area contributed by atoms with Crippen LogP contribution < -0.4 is 4.74 Å². The predicted octanol–water partition coefficient (Wildman–Crippen LogP) is 25.2. The van der Waals surface area contributed by atoms with E-state index in [9.17, 15) is 10.2 Å². The number of phenolic OH excluding ortho intramolecular Hbond substituents is 1. The summed E-state index contributed by atoms with van der Waals surface area (Å²) < 4.78 is 20.3. The van der Waals surface area contributed by atoms with E-state index in [0.717, 1.165) is 77.6 Å². The zero-order valence-corrected chi connectivity index (χ0v) is 64.0. The van der Waals surface area contributed by atoms with Crippen LogP contribution in [-0.2, 0) is 31.8 Å². The van der Waals surface area contributed by atoms with Crippen molar-refractivity contribution in [2.24, 2.45) is 16.2 Å². The van der Waals surface area contributed by atoms with E-state index in [1.54, 1.807) is 0 Å². The summed E-state index contributed by atoms with van der Waals surface area (Å²) in [7, 11) is 0. The van der Waals surface area contributed by atoms with Gasteiger partial charge in [0.1, 0.15) is 17.5 Å². The van der Waals surface area contributed by atoms with Gasteiger partial charge in [0.2, 0.25) is 5.79 Å². The molecular formula is C83H100Br2Cl2N2O4. The molecule has 0 saturated heterocycles. The molecule has 494 valence electrons.